The van der Waals surface area contributed by atoms with Crippen LogP contribution >= 0.6 is 0 Å². The van der Waals surface area contributed by atoms with Crippen molar-refractivity contribution in [1.82, 2.24) is 10.2 Å². The molecule has 0 amide bonds. The van der Waals surface area contributed by atoms with Crippen molar-refractivity contribution in [2.45, 2.75) is 12.2 Å². The molecule has 1 aromatic carbocycles. The predicted octanol–water partition coefficient (Wildman–Crippen LogP) is 2.61. The summed E-state index contributed by atoms with van der Waals surface area (Å²) in [5.74, 6) is -4.40. The van der Waals surface area contributed by atoms with E-state index < -0.39 is 35.2 Å². The lowest BCUT2D eigenvalue weighted by Crippen LogP contribution is -2.49. The molecule has 0 saturated carbocycles. The monoisotopic (exact) mass is 298 g/mol. The Morgan fingerprint density at radius 2 is 1.50 bits per heavy atom. The summed E-state index contributed by atoms with van der Waals surface area (Å²) in [5.41, 5.74) is -0.890. The largest absolute Gasteiger partial charge is 0.408 e. The fourth-order valence-corrected chi connectivity index (χ4v) is 2.27. The van der Waals surface area contributed by atoms with Crippen molar-refractivity contribution in [3.05, 3.63) is 35.1 Å². The van der Waals surface area contributed by atoms with E-state index in [9.17, 15) is 26.3 Å². The number of hydrogen-bond acceptors (Lipinski definition) is 2. The summed E-state index contributed by atoms with van der Waals surface area (Å²) in [5, 5.41) is 2.87. The first-order valence-corrected chi connectivity index (χ1v) is 5.96. The van der Waals surface area contributed by atoms with Gasteiger partial charge in [-0.1, -0.05) is 0 Å². The van der Waals surface area contributed by atoms with Crippen molar-refractivity contribution >= 4 is 0 Å². The van der Waals surface area contributed by atoms with Crippen LogP contribution in [0.3, 0.4) is 0 Å². The fraction of sp³-hybridized carbons (Fsp3) is 0.500. The summed E-state index contributed by atoms with van der Waals surface area (Å²) < 4.78 is 79.1. The maximum Gasteiger partial charge on any atom is 0.408 e. The van der Waals surface area contributed by atoms with Gasteiger partial charge in [0.1, 0.15) is 11.9 Å². The van der Waals surface area contributed by atoms with Gasteiger partial charge in [0.25, 0.3) is 0 Å². The molecule has 1 atom stereocenters. The third-order valence-electron chi connectivity index (χ3n) is 3.16. The van der Waals surface area contributed by atoms with Crippen LogP contribution in [0.25, 0.3) is 0 Å². The van der Waals surface area contributed by atoms with E-state index in [-0.39, 0.29) is 25.2 Å². The minimum Gasteiger partial charge on any atom is -0.314 e. The highest BCUT2D eigenvalue weighted by atomic mass is 19.4. The number of halogens is 6. The van der Waals surface area contributed by atoms with Crippen molar-refractivity contribution < 1.29 is 26.3 Å². The highest BCUT2D eigenvalue weighted by Crippen LogP contribution is 2.39. The number of alkyl halides is 3. The molecule has 0 bridgehead atoms. The quantitative estimate of drug-likeness (QED) is 0.667. The summed E-state index contributed by atoms with van der Waals surface area (Å²) in [6.45, 7) is 0.723. The second-order valence-corrected chi connectivity index (χ2v) is 4.52. The van der Waals surface area contributed by atoms with Gasteiger partial charge in [-0.15, -0.1) is 0 Å². The normalized spacial score (nSPS) is 19.1. The zero-order valence-electron chi connectivity index (χ0n) is 10.3. The van der Waals surface area contributed by atoms with Gasteiger partial charge in [-0.3, -0.25) is 4.90 Å². The highest BCUT2D eigenvalue weighted by molar-refractivity contribution is 5.25. The van der Waals surface area contributed by atoms with Gasteiger partial charge < -0.3 is 5.32 Å². The van der Waals surface area contributed by atoms with Crippen LogP contribution in [0.2, 0.25) is 0 Å². The summed E-state index contributed by atoms with van der Waals surface area (Å²) in [7, 11) is 0. The second kappa shape index (κ2) is 5.61. The Balaban J connectivity index is 2.43. The van der Waals surface area contributed by atoms with Crippen LogP contribution in [0.15, 0.2) is 12.1 Å². The molecule has 1 N–H and O–H groups in total. The highest BCUT2D eigenvalue weighted by Gasteiger charge is 2.46. The standard InChI is InChI=1S/C12H12F6N2/c13-8-6-10(15)9(14)5-7(8)11(12(16,17)18)20-3-1-19-2-4-20/h5-6,11,19H,1-4H2/t11-/m1/s1. The molecular weight excluding hydrogens is 286 g/mol. The van der Waals surface area contributed by atoms with Crippen molar-refractivity contribution in [1.29, 1.82) is 0 Å². The fourth-order valence-electron chi connectivity index (χ4n) is 2.27. The van der Waals surface area contributed by atoms with Gasteiger partial charge in [0.2, 0.25) is 0 Å². The third kappa shape index (κ3) is 3.06. The minimum absolute atomic E-state index is 0.0443. The third-order valence-corrected chi connectivity index (χ3v) is 3.16. The Hall–Kier alpha value is -1.28. The number of rotatable bonds is 2. The number of benzene rings is 1. The van der Waals surface area contributed by atoms with Crippen LogP contribution in [0.4, 0.5) is 26.3 Å². The van der Waals surface area contributed by atoms with Crippen molar-refractivity contribution in [2.24, 2.45) is 0 Å². The van der Waals surface area contributed by atoms with E-state index in [1.807, 2.05) is 0 Å². The van der Waals surface area contributed by atoms with Crippen LogP contribution in [0.5, 0.6) is 0 Å². The van der Waals surface area contributed by atoms with Crippen molar-refractivity contribution in [2.75, 3.05) is 26.2 Å². The molecule has 1 fully saturated rings. The van der Waals surface area contributed by atoms with Gasteiger partial charge in [0.15, 0.2) is 11.6 Å². The Labute approximate surface area is 111 Å². The van der Waals surface area contributed by atoms with Crippen LogP contribution in [-0.2, 0) is 0 Å². The molecule has 1 aliphatic rings. The van der Waals surface area contributed by atoms with E-state index in [1.165, 1.54) is 0 Å². The summed E-state index contributed by atoms with van der Waals surface area (Å²) in [4.78, 5) is 1.01. The van der Waals surface area contributed by atoms with Crippen LogP contribution < -0.4 is 5.32 Å². The van der Waals surface area contributed by atoms with Crippen molar-refractivity contribution in [3.8, 4) is 0 Å². The summed E-state index contributed by atoms with van der Waals surface area (Å²) >= 11 is 0. The zero-order chi connectivity index (χ0) is 14.9. The first-order valence-electron chi connectivity index (χ1n) is 5.96. The van der Waals surface area contributed by atoms with Gasteiger partial charge in [-0.2, -0.15) is 13.2 Å². The van der Waals surface area contributed by atoms with Gasteiger partial charge in [-0.05, 0) is 6.07 Å². The molecule has 0 unspecified atom stereocenters. The van der Waals surface area contributed by atoms with E-state index in [4.69, 9.17) is 0 Å². The smallest absolute Gasteiger partial charge is 0.314 e. The lowest BCUT2D eigenvalue weighted by molar-refractivity contribution is -0.188. The second-order valence-electron chi connectivity index (χ2n) is 4.52. The maximum absolute atomic E-state index is 13.6. The lowest BCUT2D eigenvalue weighted by Gasteiger charge is -2.36. The molecule has 1 aromatic rings. The lowest BCUT2D eigenvalue weighted by atomic mass is 10.0. The number of piperazine rings is 1. The van der Waals surface area contributed by atoms with E-state index in [0.29, 0.717) is 13.1 Å². The molecule has 0 spiro atoms. The Kier molecular flexibility index (Phi) is 4.24. The molecule has 0 radical (unpaired) electrons. The van der Waals surface area contributed by atoms with Gasteiger partial charge in [-0.25, -0.2) is 13.2 Å². The Morgan fingerprint density at radius 3 is 2.05 bits per heavy atom. The van der Waals surface area contributed by atoms with Crippen molar-refractivity contribution in [3.63, 3.8) is 0 Å². The molecule has 2 nitrogen and oxygen atoms in total. The van der Waals surface area contributed by atoms with Gasteiger partial charge in [0, 0.05) is 37.8 Å². The van der Waals surface area contributed by atoms with E-state index >= 15 is 0 Å². The first kappa shape index (κ1) is 15.1. The van der Waals surface area contributed by atoms with Gasteiger partial charge in [0.05, 0.1) is 0 Å². The van der Waals surface area contributed by atoms with Crippen LogP contribution in [0, 0.1) is 17.5 Å². The summed E-state index contributed by atoms with van der Waals surface area (Å²) in [6, 6.07) is -1.85. The molecule has 1 aliphatic heterocycles. The van der Waals surface area contributed by atoms with E-state index in [2.05, 4.69) is 5.32 Å². The number of nitrogens with zero attached hydrogens (tertiary/aromatic N) is 1. The molecule has 1 heterocycles. The molecule has 0 aromatic heterocycles. The molecule has 0 aliphatic carbocycles. The molecule has 112 valence electrons. The molecule has 8 heteroatoms. The number of nitrogens with one attached hydrogen (secondary N) is 1. The Bertz CT molecular complexity index is 482. The van der Waals surface area contributed by atoms with Crippen LogP contribution in [0.1, 0.15) is 11.6 Å². The van der Waals surface area contributed by atoms with Crippen LogP contribution in [-0.4, -0.2) is 37.3 Å². The topological polar surface area (TPSA) is 15.3 Å². The first-order chi connectivity index (χ1) is 9.30. The number of hydrogen-bond donors (Lipinski definition) is 1. The molecule has 20 heavy (non-hydrogen) atoms. The molecule has 1 saturated heterocycles. The molecular formula is C12H12F6N2. The summed E-state index contributed by atoms with van der Waals surface area (Å²) in [6.07, 6.45) is -4.78. The van der Waals surface area contributed by atoms with E-state index in [1.54, 1.807) is 0 Å². The maximum atomic E-state index is 13.6. The predicted molar refractivity (Wildman–Crippen MR) is 59.6 cm³/mol. The average Bonchev–Trinajstić information content (AvgIpc) is 2.35. The zero-order valence-corrected chi connectivity index (χ0v) is 10.3. The molecule has 2 rings (SSSR count). The SMILES string of the molecule is Fc1cc(F)c([C@@H](N2CCNCC2)C(F)(F)F)cc1F. The van der Waals surface area contributed by atoms with E-state index in [0.717, 1.165) is 4.90 Å². The minimum atomic E-state index is -4.78. The Morgan fingerprint density at radius 1 is 0.950 bits per heavy atom. The average molecular weight is 298 g/mol. The van der Waals surface area contributed by atoms with Gasteiger partial charge >= 0.3 is 6.18 Å².